The summed E-state index contributed by atoms with van der Waals surface area (Å²) in [5.41, 5.74) is 2.40. The summed E-state index contributed by atoms with van der Waals surface area (Å²) in [6.45, 7) is 3.84. The molecule has 7 heteroatoms. The molecule has 0 saturated carbocycles. The fraction of sp³-hybridized carbons (Fsp3) is 0.375. The number of carbonyl (C=O) groups is 3. The molecule has 7 nitrogen and oxygen atoms in total. The molecule has 164 valence electrons. The number of carbonyl (C=O) groups excluding carboxylic acids is 3. The van der Waals surface area contributed by atoms with Gasteiger partial charge in [0.2, 0.25) is 5.91 Å². The van der Waals surface area contributed by atoms with Gasteiger partial charge in [0.25, 0.3) is 11.8 Å². The van der Waals surface area contributed by atoms with Crippen molar-refractivity contribution in [3.05, 3.63) is 59.7 Å². The quantitative estimate of drug-likeness (QED) is 0.748. The second-order valence-electron chi connectivity index (χ2n) is 8.24. The van der Waals surface area contributed by atoms with E-state index in [9.17, 15) is 14.4 Å². The Bertz CT molecular complexity index is 949. The van der Waals surface area contributed by atoms with Crippen LogP contribution in [0, 0.1) is 5.92 Å². The maximum absolute atomic E-state index is 12.8. The number of anilines is 2. The van der Waals surface area contributed by atoms with Gasteiger partial charge in [0.15, 0.2) is 0 Å². The molecular weight excluding hydrogens is 392 g/mol. The molecule has 2 N–H and O–H groups in total. The van der Waals surface area contributed by atoms with Crippen molar-refractivity contribution in [2.75, 3.05) is 44.4 Å². The Morgan fingerprint density at radius 3 is 2.26 bits per heavy atom. The molecule has 1 saturated heterocycles. The highest BCUT2D eigenvalue weighted by atomic mass is 16.2. The van der Waals surface area contributed by atoms with E-state index in [4.69, 9.17) is 0 Å². The summed E-state index contributed by atoms with van der Waals surface area (Å²) in [7, 11) is 3.37. The van der Waals surface area contributed by atoms with Crippen LogP contribution in [-0.2, 0) is 4.79 Å². The Balaban J connectivity index is 1.56. The van der Waals surface area contributed by atoms with E-state index in [1.165, 1.54) is 4.90 Å². The normalized spacial score (nSPS) is 14.1. The van der Waals surface area contributed by atoms with Gasteiger partial charge in [0.1, 0.15) is 0 Å². The predicted molar refractivity (Wildman–Crippen MR) is 122 cm³/mol. The van der Waals surface area contributed by atoms with Crippen LogP contribution in [-0.4, -0.2) is 61.3 Å². The predicted octanol–water partition coefficient (Wildman–Crippen LogP) is 3.31. The first-order valence-electron chi connectivity index (χ1n) is 10.6. The van der Waals surface area contributed by atoms with Gasteiger partial charge in [-0.15, -0.1) is 0 Å². The fourth-order valence-corrected chi connectivity index (χ4v) is 3.53. The SMILES string of the molecule is CC1CCN(C(=O)c2cccc(NCC(=O)Nc3cccc(C(=O)N(C)C)c3)c2)CC1. The van der Waals surface area contributed by atoms with E-state index >= 15 is 0 Å². The molecule has 1 fully saturated rings. The number of rotatable bonds is 6. The molecule has 2 aromatic carbocycles. The first-order valence-corrected chi connectivity index (χ1v) is 10.6. The molecule has 0 aliphatic carbocycles. The van der Waals surface area contributed by atoms with Gasteiger partial charge in [-0.2, -0.15) is 0 Å². The standard InChI is InChI=1S/C24H30N4O3/c1-17-10-12-28(13-11-17)24(31)19-7-4-8-20(14-19)25-16-22(29)26-21-9-5-6-18(15-21)23(30)27(2)3/h4-9,14-15,17,25H,10-13,16H2,1-3H3,(H,26,29). The summed E-state index contributed by atoms with van der Waals surface area (Å²) >= 11 is 0. The maximum atomic E-state index is 12.8. The summed E-state index contributed by atoms with van der Waals surface area (Å²) in [6.07, 6.45) is 2.07. The summed E-state index contributed by atoms with van der Waals surface area (Å²) in [4.78, 5) is 40.6. The van der Waals surface area contributed by atoms with Crippen LogP contribution in [0.2, 0.25) is 0 Å². The van der Waals surface area contributed by atoms with Crippen LogP contribution < -0.4 is 10.6 Å². The van der Waals surface area contributed by atoms with Crippen molar-refractivity contribution in [1.29, 1.82) is 0 Å². The third-order valence-electron chi connectivity index (χ3n) is 5.43. The number of amides is 3. The summed E-state index contributed by atoms with van der Waals surface area (Å²) in [5.74, 6) is 0.328. The van der Waals surface area contributed by atoms with Crippen molar-refractivity contribution >= 4 is 29.1 Å². The molecule has 1 heterocycles. The van der Waals surface area contributed by atoms with Crippen molar-refractivity contribution < 1.29 is 14.4 Å². The van der Waals surface area contributed by atoms with Crippen molar-refractivity contribution in [3.8, 4) is 0 Å². The van der Waals surface area contributed by atoms with Crippen LogP contribution in [0.3, 0.4) is 0 Å². The zero-order valence-electron chi connectivity index (χ0n) is 18.4. The van der Waals surface area contributed by atoms with Crippen LogP contribution in [0.15, 0.2) is 48.5 Å². The molecule has 3 rings (SSSR count). The molecule has 0 aromatic heterocycles. The topological polar surface area (TPSA) is 81.8 Å². The smallest absolute Gasteiger partial charge is 0.253 e. The second kappa shape index (κ2) is 10.1. The van der Waals surface area contributed by atoms with E-state index in [0.717, 1.165) is 25.9 Å². The number of benzene rings is 2. The van der Waals surface area contributed by atoms with Crippen LogP contribution in [0.25, 0.3) is 0 Å². The number of likely N-dealkylation sites (tertiary alicyclic amines) is 1. The minimum absolute atomic E-state index is 0.0300. The molecule has 0 bridgehead atoms. The van der Waals surface area contributed by atoms with E-state index in [1.807, 2.05) is 17.0 Å². The van der Waals surface area contributed by atoms with E-state index in [1.54, 1.807) is 50.5 Å². The number of hydrogen-bond acceptors (Lipinski definition) is 4. The molecule has 31 heavy (non-hydrogen) atoms. The Morgan fingerprint density at radius 1 is 0.968 bits per heavy atom. The van der Waals surface area contributed by atoms with E-state index in [2.05, 4.69) is 17.6 Å². The van der Waals surface area contributed by atoms with Gasteiger partial charge in [-0.3, -0.25) is 14.4 Å². The van der Waals surface area contributed by atoms with Gasteiger partial charge >= 0.3 is 0 Å². The number of nitrogens with zero attached hydrogens (tertiary/aromatic N) is 2. The largest absolute Gasteiger partial charge is 0.376 e. The van der Waals surface area contributed by atoms with Crippen LogP contribution in [0.4, 0.5) is 11.4 Å². The second-order valence-corrected chi connectivity index (χ2v) is 8.24. The van der Waals surface area contributed by atoms with Crippen molar-refractivity contribution in [3.63, 3.8) is 0 Å². The van der Waals surface area contributed by atoms with Gasteiger partial charge in [0, 0.05) is 49.7 Å². The molecule has 0 unspecified atom stereocenters. The summed E-state index contributed by atoms with van der Waals surface area (Å²) in [5, 5.41) is 5.86. The Hall–Kier alpha value is -3.35. The lowest BCUT2D eigenvalue weighted by atomic mass is 9.98. The van der Waals surface area contributed by atoms with Crippen molar-refractivity contribution in [2.24, 2.45) is 5.92 Å². The van der Waals surface area contributed by atoms with Gasteiger partial charge in [0.05, 0.1) is 6.54 Å². The molecule has 2 aromatic rings. The first kappa shape index (κ1) is 22.3. The Morgan fingerprint density at radius 2 is 1.58 bits per heavy atom. The third-order valence-corrected chi connectivity index (χ3v) is 5.43. The lowest BCUT2D eigenvalue weighted by molar-refractivity contribution is -0.114. The average Bonchev–Trinajstić information content (AvgIpc) is 2.77. The molecule has 3 amide bonds. The van der Waals surface area contributed by atoms with E-state index < -0.39 is 0 Å². The molecule has 1 aliphatic rings. The zero-order valence-corrected chi connectivity index (χ0v) is 18.4. The average molecular weight is 423 g/mol. The number of hydrogen-bond donors (Lipinski definition) is 2. The number of nitrogens with one attached hydrogen (secondary N) is 2. The number of piperidine rings is 1. The van der Waals surface area contributed by atoms with Crippen molar-refractivity contribution in [1.82, 2.24) is 9.80 Å². The molecule has 0 radical (unpaired) electrons. The third kappa shape index (κ3) is 6.07. The molecule has 1 aliphatic heterocycles. The zero-order chi connectivity index (χ0) is 22.4. The van der Waals surface area contributed by atoms with Crippen LogP contribution in [0.5, 0.6) is 0 Å². The maximum Gasteiger partial charge on any atom is 0.253 e. The molecule has 0 spiro atoms. The van der Waals surface area contributed by atoms with Gasteiger partial charge < -0.3 is 20.4 Å². The molecular formula is C24H30N4O3. The highest BCUT2D eigenvalue weighted by Gasteiger charge is 2.21. The fourth-order valence-electron chi connectivity index (χ4n) is 3.53. The van der Waals surface area contributed by atoms with Crippen LogP contribution in [0.1, 0.15) is 40.5 Å². The Labute approximate surface area is 183 Å². The van der Waals surface area contributed by atoms with Crippen molar-refractivity contribution in [2.45, 2.75) is 19.8 Å². The highest BCUT2D eigenvalue weighted by Crippen LogP contribution is 2.20. The van der Waals surface area contributed by atoms with E-state index in [-0.39, 0.29) is 24.3 Å². The summed E-state index contributed by atoms with van der Waals surface area (Å²) < 4.78 is 0. The summed E-state index contributed by atoms with van der Waals surface area (Å²) in [6, 6.07) is 14.1. The minimum Gasteiger partial charge on any atom is -0.376 e. The first-order chi connectivity index (χ1) is 14.8. The van der Waals surface area contributed by atoms with Gasteiger partial charge in [-0.05, 0) is 55.2 Å². The minimum atomic E-state index is -0.240. The van der Waals surface area contributed by atoms with Gasteiger partial charge in [-0.25, -0.2) is 0 Å². The lowest BCUT2D eigenvalue weighted by Crippen LogP contribution is -2.37. The monoisotopic (exact) mass is 422 g/mol. The Kier molecular flexibility index (Phi) is 7.28. The van der Waals surface area contributed by atoms with E-state index in [0.29, 0.717) is 28.4 Å². The molecule has 0 atom stereocenters. The van der Waals surface area contributed by atoms with Crippen LogP contribution >= 0.6 is 0 Å². The highest BCUT2D eigenvalue weighted by molar-refractivity contribution is 5.98. The lowest BCUT2D eigenvalue weighted by Gasteiger charge is -2.30. The van der Waals surface area contributed by atoms with Gasteiger partial charge in [-0.1, -0.05) is 19.1 Å².